The van der Waals surface area contributed by atoms with E-state index >= 15 is 0 Å². The van der Waals surface area contributed by atoms with Gasteiger partial charge in [0.05, 0.1) is 26.9 Å². The van der Waals surface area contributed by atoms with E-state index in [0.717, 1.165) is 37.6 Å². The fraction of sp³-hybridized carbons (Fsp3) is 0.682. The second-order valence-electron chi connectivity index (χ2n) is 7.42. The third-order valence-electron chi connectivity index (χ3n) is 5.17. The number of hydrogen-bond donors (Lipinski definition) is 3. The molecule has 1 aliphatic heterocycles. The second-order valence-corrected chi connectivity index (χ2v) is 7.42. The van der Waals surface area contributed by atoms with Gasteiger partial charge in [-0.1, -0.05) is 12.8 Å². The molecule has 1 aromatic rings. The minimum atomic E-state index is -0.730. The second kappa shape index (κ2) is 15.5. The van der Waals surface area contributed by atoms with Crippen molar-refractivity contribution in [3.05, 3.63) is 23.8 Å². The molecule has 0 bridgehead atoms. The zero-order chi connectivity index (χ0) is 20.9. The Hall–Kier alpha value is -1.26. The van der Waals surface area contributed by atoms with Crippen LogP contribution in [0.4, 0.5) is 0 Å². The first kappa shape index (κ1) is 26.8. The maximum absolute atomic E-state index is 10.6. The van der Waals surface area contributed by atoms with Crippen molar-refractivity contribution in [3.63, 3.8) is 0 Å². The summed E-state index contributed by atoms with van der Waals surface area (Å²) in [7, 11) is 3.20. The van der Waals surface area contributed by atoms with E-state index in [0.29, 0.717) is 11.5 Å². The van der Waals surface area contributed by atoms with Gasteiger partial charge in [0.25, 0.3) is 0 Å². The number of nitrogens with zero attached hydrogens (tertiary/aromatic N) is 2. The van der Waals surface area contributed by atoms with E-state index in [9.17, 15) is 5.11 Å². The van der Waals surface area contributed by atoms with Crippen LogP contribution in [0.2, 0.25) is 0 Å². The van der Waals surface area contributed by atoms with E-state index in [1.807, 2.05) is 19.1 Å². The zero-order valence-electron chi connectivity index (χ0n) is 18.7. The molecule has 1 saturated heterocycles. The van der Waals surface area contributed by atoms with Crippen molar-refractivity contribution in [2.75, 3.05) is 53.5 Å². The third kappa shape index (κ3) is 9.70. The summed E-state index contributed by atoms with van der Waals surface area (Å²) in [4.78, 5) is 7.12. The summed E-state index contributed by atoms with van der Waals surface area (Å²) in [5, 5.41) is 17.2. The van der Waals surface area contributed by atoms with Gasteiger partial charge >= 0.3 is 0 Å². The molecular formula is C22H39IN4O3. The average molecular weight is 534 g/mol. The van der Waals surface area contributed by atoms with E-state index < -0.39 is 6.10 Å². The molecule has 1 aromatic carbocycles. The summed E-state index contributed by atoms with van der Waals surface area (Å²) in [6, 6.07) is 5.41. The highest BCUT2D eigenvalue weighted by molar-refractivity contribution is 14.0. The summed E-state index contributed by atoms with van der Waals surface area (Å²) >= 11 is 0. The molecule has 172 valence electrons. The Morgan fingerprint density at radius 2 is 1.70 bits per heavy atom. The lowest BCUT2D eigenvalue weighted by atomic mass is 10.1. The average Bonchev–Trinajstić information content (AvgIpc) is 3.03. The number of halogens is 1. The number of nitrogens with one attached hydrogen (secondary N) is 2. The van der Waals surface area contributed by atoms with Crippen molar-refractivity contribution in [3.8, 4) is 11.5 Å². The van der Waals surface area contributed by atoms with E-state index in [2.05, 4.69) is 20.5 Å². The van der Waals surface area contributed by atoms with Crippen LogP contribution in [0.25, 0.3) is 0 Å². The Kier molecular flexibility index (Phi) is 13.9. The normalized spacial score (nSPS) is 16.2. The van der Waals surface area contributed by atoms with Crippen LogP contribution >= 0.6 is 24.0 Å². The number of rotatable bonds is 10. The molecule has 0 radical (unpaired) electrons. The molecule has 1 heterocycles. The fourth-order valence-corrected chi connectivity index (χ4v) is 3.52. The van der Waals surface area contributed by atoms with Crippen molar-refractivity contribution in [2.24, 2.45) is 4.99 Å². The minimum absolute atomic E-state index is 0. The number of hydrogen-bond acceptors (Lipinski definition) is 5. The minimum Gasteiger partial charge on any atom is -0.497 e. The highest BCUT2D eigenvalue weighted by Gasteiger charge is 2.12. The molecule has 3 N–H and O–H groups in total. The molecule has 0 saturated carbocycles. The number of likely N-dealkylation sites (tertiary alicyclic amines) is 1. The zero-order valence-corrected chi connectivity index (χ0v) is 21.0. The summed E-state index contributed by atoms with van der Waals surface area (Å²) in [5.74, 6) is 2.04. The number of benzene rings is 1. The largest absolute Gasteiger partial charge is 0.497 e. The van der Waals surface area contributed by atoms with Crippen LogP contribution < -0.4 is 20.1 Å². The van der Waals surface area contributed by atoms with Gasteiger partial charge in [0, 0.05) is 19.2 Å². The van der Waals surface area contributed by atoms with Gasteiger partial charge in [-0.05, 0) is 63.5 Å². The standard InChI is InChI=1S/C22H38N4O3.HI/c1-4-23-22(24-10-9-13-26-11-7-5-6-8-12-26)25-17-21(27)18-14-19(28-2)16-20(15-18)29-3;/h14-16,21,27H,4-13,17H2,1-3H3,(H2,23,24,25);1H. The monoisotopic (exact) mass is 534 g/mol. The SMILES string of the molecule is CCNC(=NCC(O)c1cc(OC)cc(OC)c1)NCCCN1CCCCCC1.I. The molecule has 1 aliphatic rings. The Balaban J connectivity index is 0.00000450. The van der Waals surface area contributed by atoms with Gasteiger partial charge < -0.3 is 30.1 Å². The summed E-state index contributed by atoms with van der Waals surface area (Å²) in [5.41, 5.74) is 0.724. The van der Waals surface area contributed by atoms with Crippen LogP contribution in [0.15, 0.2) is 23.2 Å². The van der Waals surface area contributed by atoms with Crippen molar-refractivity contribution < 1.29 is 14.6 Å². The van der Waals surface area contributed by atoms with Crippen molar-refractivity contribution in [2.45, 2.75) is 45.1 Å². The topological polar surface area (TPSA) is 78.4 Å². The van der Waals surface area contributed by atoms with E-state index in [-0.39, 0.29) is 30.5 Å². The molecule has 0 aliphatic carbocycles. The maximum atomic E-state index is 10.6. The molecule has 1 fully saturated rings. The lowest BCUT2D eigenvalue weighted by Gasteiger charge is -2.20. The van der Waals surface area contributed by atoms with Gasteiger partial charge in [0.2, 0.25) is 0 Å². The predicted molar refractivity (Wildman–Crippen MR) is 133 cm³/mol. The van der Waals surface area contributed by atoms with Gasteiger partial charge in [-0.2, -0.15) is 0 Å². The van der Waals surface area contributed by atoms with E-state index in [1.54, 1.807) is 20.3 Å². The number of aliphatic hydroxyl groups is 1. The van der Waals surface area contributed by atoms with Gasteiger partial charge in [0.1, 0.15) is 11.5 Å². The molecule has 1 unspecified atom stereocenters. The smallest absolute Gasteiger partial charge is 0.191 e. The molecular weight excluding hydrogens is 495 g/mol. The Morgan fingerprint density at radius 1 is 1.07 bits per heavy atom. The highest BCUT2D eigenvalue weighted by atomic mass is 127. The van der Waals surface area contributed by atoms with Crippen LogP contribution in [-0.4, -0.2) is 69.5 Å². The maximum Gasteiger partial charge on any atom is 0.191 e. The number of aliphatic imine (C=N–C) groups is 1. The van der Waals surface area contributed by atoms with E-state index in [1.165, 1.54) is 38.8 Å². The number of guanidine groups is 1. The van der Waals surface area contributed by atoms with Crippen molar-refractivity contribution in [1.29, 1.82) is 0 Å². The van der Waals surface area contributed by atoms with Gasteiger partial charge in [0.15, 0.2) is 5.96 Å². The first-order valence-corrected chi connectivity index (χ1v) is 10.8. The molecule has 0 amide bonds. The van der Waals surface area contributed by atoms with Crippen LogP contribution in [-0.2, 0) is 0 Å². The van der Waals surface area contributed by atoms with Gasteiger partial charge in [-0.3, -0.25) is 4.99 Å². The first-order valence-electron chi connectivity index (χ1n) is 10.8. The lowest BCUT2D eigenvalue weighted by Crippen LogP contribution is -2.39. The van der Waals surface area contributed by atoms with Crippen LogP contribution in [0.3, 0.4) is 0 Å². The molecule has 2 rings (SSSR count). The fourth-order valence-electron chi connectivity index (χ4n) is 3.52. The van der Waals surface area contributed by atoms with E-state index in [4.69, 9.17) is 9.47 Å². The predicted octanol–water partition coefficient (Wildman–Crippen LogP) is 3.18. The quantitative estimate of drug-likeness (QED) is 0.185. The number of aliphatic hydroxyl groups excluding tert-OH is 1. The molecule has 0 spiro atoms. The molecule has 0 aromatic heterocycles. The summed E-state index contributed by atoms with van der Waals surface area (Å²) < 4.78 is 10.6. The molecule has 8 heteroatoms. The van der Waals surface area contributed by atoms with Crippen LogP contribution in [0.5, 0.6) is 11.5 Å². The van der Waals surface area contributed by atoms with Crippen LogP contribution in [0, 0.1) is 0 Å². The lowest BCUT2D eigenvalue weighted by molar-refractivity contribution is 0.186. The third-order valence-corrected chi connectivity index (χ3v) is 5.17. The Labute approximate surface area is 198 Å². The van der Waals surface area contributed by atoms with Gasteiger partial charge in [-0.15, -0.1) is 24.0 Å². The van der Waals surface area contributed by atoms with Crippen molar-refractivity contribution >= 4 is 29.9 Å². The van der Waals surface area contributed by atoms with Crippen LogP contribution in [0.1, 0.15) is 50.7 Å². The highest BCUT2D eigenvalue weighted by Crippen LogP contribution is 2.26. The molecule has 30 heavy (non-hydrogen) atoms. The first-order chi connectivity index (χ1) is 14.2. The Bertz CT molecular complexity index is 600. The summed E-state index contributed by atoms with van der Waals surface area (Å²) in [6.07, 6.45) is 5.74. The molecule has 7 nitrogen and oxygen atoms in total. The summed E-state index contributed by atoms with van der Waals surface area (Å²) in [6.45, 7) is 7.52. The van der Waals surface area contributed by atoms with Gasteiger partial charge in [-0.25, -0.2) is 0 Å². The number of ether oxygens (including phenoxy) is 2. The number of methoxy groups -OCH3 is 2. The van der Waals surface area contributed by atoms with Crippen molar-refractivity contribution in [1.82, 2.24) is 15.5 Å². The Morgan fingerprint density at radius 3 is 2.27 bits per heavy atom. The molecule has 1 atom stereocenters.